The molecule has 112 valence electrons. The number of esters is 2. The van der Waals surface area contributed by atoms with Gasteiger partial charge in [0, 0.05) is 0 Å². The van der Waals surface area contributed by atoms with Crippen LogP contribution in [0.5, 0.6) is 0 Å². The third kappa shape index (κ3) is 4.14. The number of carbonyl (C=O) groups excluding carboxylic acids is 2. The number of hydrogen-bond acceptors (Lipinski definition) is 6. The molecule has 1 aromatic rings. The van der Waals surface area contributed by atoms with Gasteiger partial charge in [-0.1, -0.05) is 0 Å². The average Bonchev–Trinajstić information content (AvgIpc) is 2.45. The van der Waals surface area contributed by atoms with Crippen molar-refractivity contribution in [2.45, 2.75) is 0 Å². The summed E-state index contributed by atoms with van der Waals surface area (Å²) in [6, 6.07) is 3.21. The molecule has 0 amide bonds. The first-order chi connectivity index (χ1) is 9.92. The zero-order chi connectivity index (χ0) is 16.0. The molecule has 0 aromatic heterocycles. The minimum atomic E-state index is -1.07. The molecule has 0 heterocycles. The molecule has 0 atom stereocenters. The van der Waals surface area contributed by atoms with Crippen molar-refractivity contribution < 1.29 is 27.8 Å². The Balaban J connectivity index is 3.22. The van der Waals surface area contributed by atoms with E-state index in [1.807, 2.05) is 0 Å². The highest BCUT2D eigenvalue weighted by Gasteiger charge is 2.23. The maximum atomic E-state index is 13.9. The van der Waals surface area contributed by atoms with Crippen LogP contribution in [0.2, 0.25) is 0 Å². The standard InChI is InChI=1S/C13H12F2N2O4/c1-20-11(18)6-17(7-12(19)21-2)13-9(14)3-8(5-16)4-10(13)15/h3-4H,6-7H2,1-2H3. The lowest BCUT2D eigenvalue weighted by atomic mass is 10.2. The van der Waals surface area contributed by atoms with Crippen LogP contribution in [0.4, 0.5) is 14.5 Å². The highest BCUT2D eigenvalue weighted by atomic mass is 19.1. The minimum absolute atomic E-state index is 0.218. The Labute approximate surface area is 119 Å². The molecule has 0 aliphatic rings. The molecule has 1 rings (SSSR count). The van der Waals surface area contributed by atoms with Crippen molar-refractivity contribution in [1.82, 2.24) is 0 Å². The smallest absolute Gasteiger partial charge is 0.325 e. The molecule has 0 radical (unpaired) electrons. The van der Waals surface area contributed by atoms with Crippen molar-refractivity contribution in [2.75, 3.05) is 32.2 Å². The van der Waals surface area contributed by atoms with E-state index in [0.29, 0.717) is 0 Å². The van der Waals surface area contributed by atoms with Crippen LogP contribution in [0.25, 0.3) is 0 Å². The second-order valence-corrected chi connectivity index (χ2v) is 3.91. The minimum Gasteiger partial charge on any atom is -0.468 e. The van der Waals surface area contributed by atoms with E-state index in [1.54, 1.807) is 6.07 Å². The van der Waals surface area contributed by atoms with Crippen LogP contribution in [-0.2, 0) is 19.1 Å². The number of rotatable bonds is 5. The molecule has 21 heavy (non-hydrogen) atoms. The fraction of sp³-hybridized carbons (Fsp3) is 0.308. The van der Waals surface area contributed by atoms with E-state index >= 15 is 0 Å². The van der Waals surface area contributed by atoms with Gasteiger partial charge >= 0.3 is 11.9 Å². The van der Waals surface area contributed by atoms with E-state index in [2.05, 4.69) is 9.47 Å². The summed E-state index contributed by atoms with van der Waals surface area (Å²) in [5.74, 6) is -3.72. The number of nitriles is 1. The molecule has 0 aliphatic heterocycles. The maximum absolute atomic E-state index is 13.9. The van der Waals surface area contributed by atoms with Gasteiger partial charge in [-0.2, -0.15) is 5.26 Å². The zero-order valence-electron chi connectivity index (χ0n) is 11.4. The first kappa shape index (κ1) is 16.4. The Bertz CT molecular complexity index is 557. The third-order valence-corrected chi connectivity index (χ3v) is 2.56. The lowest BCUT2D eigenvalue weighted by Gasteiger charge is -2.23. The highest BCUT2D eigenvalue weighted by molar-refractivity contribution is 5.81. The van der Waals surface area contributed by atoms with Crippen molar-refractivity contribution in [1.29, 1.82) is 5.26 Å². The van der Waals surface area contributed by atoms with E-state index in [0.717, 1.165) is 31.3 Å². The zero-order valence-corrected chi connectivity index (χ0v) is 11.4. The van der Waals surface area contributed by atoms with Crippen LogP contribution in [0.3, 0.4) is 0 Å². The lowest BCUT2D eigenvalue weighted by molar-refractivity contribution is -0.140. The van der Waals surface area contributed by atoms with Crippen LogP contribution in [0.15, 0.2) is 12.1 Å². The van der Waals surface area contributed by atoms with Crippen molar-refractivity contribution in [3.05, 3.63) is 29.3 Å². The molecule has 0 N–H and O–H groups in total. The van der Waals surface area contributed by atoms with Gasteiger partial charge in [-0.15, -0.1) is 0 Å². The molecular formula is C13H12F2N2O4. The van der Waals surface area contributed by atoms with Crippen molar-refractivity contribution in [2.24, 2.45) is 0 Å². The molecule has 0 fully saturated rings. The number of methoxy groups -OCH3 is 2. The number of benzene rings is 1. The Morgan fingerprint density at radius 1 is 1.14 bits per heavy atom. The topological polar surface area (TPSA) is 79.6 Å². The second-order valence-electron chi connectivity index (χ2n) is 3.91. The molecule has 8 heteroatoms. The van der Waals surface area contributed by atoms with E-state index in [1.165, 1.54) is 0 Å². The molecule has 0 saturated heterocycles. The Morgan fingerprint density at radius 2 is 1.57 bits per heavy atom. The van der Waals surface area contributed by atoms with E-state index in [-0.39, 0.29) is 5.56 Å². The summed E-state index contributed by atoms with van der Waals surface area (Å²) in [5.41, 5.74) is -0.824. The Kier molecular flexibility index (Phi) is 5.60. The molecule has 0 unspecified atom stereocenters. The van der Waals surface area contributed by atoms with Crippen molar-refractivity contribution in [3.63, 3.8) is 0 Å². The van der Waals surface area contributed by atoms with E-state index < -0.39 is 42.3 Å². The molecule has 0 bridgehead atoms. The van der Waals surface area contributed by atoms with Gasteiger partial charge in [-0.05, 0) is 12.1 Å². The number of ether oxygens (including phenoxy) is 2. The molecule has 6 nitrogen and oxygen atoms in total. The number of anilines is 1. The monoisotopic (exact) mass is 298 g/mol. The van der Waals surface area contributed by atoms with E-state index in [4.69, 9.17) is 5.26 Å². The van der Waals surface area contributed by atoms with Crippen LogP contribution in [0.1, 0.15) is 5.56 Å². The van der Waals surface area contributed by atoms with Crippen LogP contribution < -0.4 is 4.90 Å². The van der Waals surface area contributed by atoms with Gasteiger partial charge < -0.3 is 14.4 Å². The van der Waals surface area contributed by atoms with Crippen LogP contribution in [0, 0.1) is 23.0 Å². The maximum Gasteiger partial charge on any atom is 0.325 e. The first-order valence-corrected chi connectivity index (χ1v) is 5.70. The predicted molar refractivity (Wildman–Crippen MR) is 67.3 cm³/mol. The lowest BCUT2D eigenvalue weighted by Crippen LogP contribution is -2.36. The summed E-state index contributed by atoms with van der Waals surface area (Å²) in [4.78, 5) is 23.4. The number of halogens is 2. The summed E-state index contributed by atoms with van der Waals surface area (Å²) in [6.07, 6.45) is 0. The number of carbonyl (C=O) groups is 2. The molecule has 1 aromatic carbocycles. The summed E-state index contributed by atoms with van der Waals surface area (Å²) < 4.78 is 36.7. The fourth-order valence-corrected chi connectivity index (χ4v) is 1.59. The number of nitrogens with zero attached hydrogens (tertiary/aromatic N) is 2. The SMILES string of the molecule is COC(=O)CN(CC(=O)OC)c1c(F)cc(C#N)cc1F. The van der Waals surface area contributed by atoms with Crippen molar-refractivity contribution >= 4 is 17.6 Å². The van der Waals surface area contributed by atoms with Gasteiger partial charge in [-0.25, -0.2) is 8.78 Å². The average molecular weight is 298 g/mol. The Morgan fingerprint density at radius 3 is 1.90 bits per heavy atom. The second kappa shape index (κ2) is 7.19. The summed E-state index contributed by atoms with van der Waals surface area (Å²) in [5, 5.41) is 8.64. The fourth-order valence-electron chi connectivity index (χ4n) is 1.59. The van der Waals surface area contributed by atoms with Gasteiger partial charge in [-0.3, -0.25) is 9.59 Å². The van der Waals surface area contributed by atoms with E-state index in [9.17, 15) is 18.4 Å². The Hall–Kier alpha value is -2.69. The largest absolute Gasteiger partial charge is 0.468 e. The first-order valence-electron chi connectivity index (χ1n) is 5.70. The quantitative estimate of drug-likeness (QED) is 0.754. The molecular weight excluding hydrogens is 286 g/mol. The molecule has 0 spiro atoms. The van der Waals surface area contributed by atoms with Crippen LogP contribution in [-0.4, -0.2) is 39.2 Å². The van der Waals surface area contributed by atoms with Gasteiger partial charge in [0.25, 0.3) is 0 Å². The summed E-state index contributed by atoms with van der Waals surface area (Å²) >= 11 is 0. The van der Waals surface area contributed by atoms with Gasteiger partial charge in [0.05, 0.1) is 25.9 Å². The van der Waals surface area contributed by atoms with Crippen molar-refractivity contribution in [3.8, 4) is 6.07 Å². The molecule has 0 saturated carbocycles. The highest BCUT2D eigenvalue weighted by Crippen LogP contribution is 2.25. The summed E-state index contributed by atoms with van der Waals surface area (Å²) in [6.45, 7) is -1.10. The normalized spacial score (nSPS) is 9.67. The predicted octanol–water partition coefficient (Wildman–Crippen LogP) is 0.989. The summed E-state index contributed by atoms with van der Waals surface area (Å²) in [7, 11) is 2.20. The molecule has 0 aliphatic carbocycles. The van der Waals surface area contributed by atoms with Crippen LogP contribution >= 0.6 is 0 Å². The van der Waals surface area contributed by atoms with Gasteiger partial charge in [0.2, 0.25) is 0 Å². The van der Waals surface area contributed by atoms with Gasteiger partial charge in [0.15, 0.2) is 11.6 Å². The van der Waals surface area contributed by atoms with Gasteiger partial charge in [0.1, 0.15) is 18.8 Å². The number of hydrogen-bond donors (Lipinski definition) is 0. The third-order valence-electron chi connectivity index (χ3n) is 2.56.